The molecule has 1 unspecified atom stereocenters. The second-order valence-corrected chi connectivity index (χ2v) is 5.92. The summed E-state index contributed by atoms with van der Waals surface area (Å²) in [7, 11) is 0. The predicted molar refractivity (Wildman–Crippen MR) is 86.7 cm³/mol. The maximum atomic E-state index is 12.2. The molecule has 1 atom stereocenters. The van der Waals surface area contributed by atoms with Gasteiger partial charge in [0.05, 0.1) is 19.3 Å². The number of oxazole rings is 1. The van der Waals surface area contributed by atoms with Crippen LogP contribution in [0.3, 0.4) is 0 Å². The highest BCUT2D eigenvalue weighted by Gasteiger charge is 2.22. The molecule has 1 amide bonds. The Morgan fingerprint density at radius 1 is 1.35 bits per heavy atom. The number of carbonyl (C=O) groups is 1. The summed E-state index contributed by atoms with van der Waals surface area (Å²) in [5.74, 6) is 0.00904. The van der Waals surface area contributed by atoms with Gasteiger partial charge in [0.2, 0.25) is 5.91 Å². The molecule has 2 N–H and O–H groups in total. The third kappa shape index (κ3) is 3.02. The summed E-state index contributed by atoms with van der Waals surface area (Å²) in [5.41, 5.74) is 2.22. The Bertz CT molecular complexity index is 702. The van der Waals surface area contributed by atoms with Gasteiger partial charge in [0, 0.05) is 24.8 Å². The quantitative estimate of drug-likeness (QED) is 0.890. The van der Waals surface area contributed by atoms with Gasteiger partial charge in [0.25, 0.3) is 6.01 Å². The molecule has 7 heteroatoms. The molecule has 1 aromatic heterocycles. The smallest absolute Gasteiger partial charge is 0.298 e. The number of carbonyl (C=O) groups excluding carboxylic acids is 1. The van der Waals surface area contributed by atoms with Crippen LogP contribution in [0.15, 0.2) is 22.6 Å². The second kappa shape index (κ2) is 6.17. The number of amides is 1. The number of aromatic nitrogens is 1. The van der Waals surface area contributed by atoms with Gasteiger partial charge in [-0.1, -0.05) is 0 Å². The second-order valence-electron chi connectivity index (χ2n) is 5.92. The zero-order valence-corrected chi connectivity index (χ0v) is 12.9. The number of fused-ring (bicyclic) bond motifs is 1. The molecule has 0 radical (unpaired) electrons. The van der Waals surface area contributed by atoms with E-state index >= 15 is 0 Å². The first-order valence-corrected chi connectivity index (χ1v) is 8.07. The molecule has 2 saturated heterocycles. The average Bonchev–Trinajstić information content (AvgIpc) is 3.25. The highest BCUT2D eigenvalue weighted by Crippen LogP contribution is 2.25. The number of benzene rings is 1. The molecule has 3 heterocycles. The van der Waals surface area contributed by atoms with E-state index in [1.165, 1.54) is 0 Å². The van der Waals surface area contributed by atoms with Crippen LogP contribution in [0, 0.1) is 0 Å². The van der Waals surface area contributed by atoms with Gasteiger partial charge < -0.3 is 24.7 Å². The Kier molecular flexibility index (Phi) is 3.88. The van der Waals surface area contributed by atoms with Crippen molar-refractivity contribution in [3.63, 3.8) is 0 Å². The van der Waals surface area contributed by atoms with Gasteiger partial charge in [-0.25, -0.2) is 0 Å². The molecule has 23 heavy (non-hydrogen) atoms. The minimum absolute atomic E-state index is 0.00904. The Balaban J connectivity index is 1.51. The lowest BCUT2D eigenvalue weighted by Gasteiger charge is -2.24. The zero-order chi connectivity index (χ0) is 15.6. The Labute approximate surface area is 134 Å². The van der Waals surface area contributed by atoms with Gasteiger partial charge in [-0.2, -0.15) is 4.98 Å². The van der Waals surface area contributed by atoms with Gasteiger partial charge in [-0.3, -0.25) is 4.79 Å². The third-order valence-corrected chi connectivity index (χ3v) is 4.30. The van der Waals surface area contributed by atoms with Crippen molar-refractivity contribution in [2.24, 2.45) is 0 Å². The first kappa shape index (κ1) is 14.5. The summed E-state index contributed by atoms with van der Waals surface area (Å²) >= 11 is 0. The molecule has 0 bridgehead atoms. The van der Waals surface area contributed by atoms with Gasteiger partial charge in [0.1, 0.15) is 5.52 Å². The highest BCUT2D eigenvalue weighted by atomic mass is 16.5. The molecule has 2 fully saturated rings. The lowest BCUT2D eigenvalue weighted by molar-refractivity contribution is -0.117. The third-order valence-electron chi connectivity index (χ3n) is 4.30. The van der Waals surface area contributed by atoms with Crippen LogP contribution in [0.1, 0.15) is 12.8 Å². The molecule has 122 valence electrons. The van der Waals surface area contributed by atoms with E-state index in [9.17, 15) is 4.79 Å². The van der Waals surface area contributed by atoms with Gasteiger partial charge in [-0.15, -0.1) is 0 Å². The Morgan fingerprint density at radius 3 is 3.00 bits per heavy atom. The van der Waals surface area contributed by atoms with Gasteiger partial charge in [-0.05, 0) is 31.5 Å². The molecule has 0 saturated carbocycles. The maximum absolute atomic E-state index is 12.2. The number of ether oxygens (including phenoxy) is 1. The lowest BCUT2D eigenvalue weighted by Crippen LogP contribution is -2.36. The molecule has 2 aliphatic heterocycles. The van der Waals surface area contributed by atoms with E-state index in [1.54, 1.807) is 0 Å². The van der Waals surface area contributed by atoms with Crippen LogP contribution in [0.2, 0.25) is 0 Å². The fourth-order valence-electron chi connectivity index (χ4n) is 3.02. The molecule has 2 aliphatic rings. The number of nitrogens with zero attached hydrogens (tertiary/aromatic N) is 2. The van der Waals surface area contributed by atoms with E-state index in [4.69, 9.17) is 9.15 Å². The largest absolute Gasteiger partial charge is 0.423 e. The van der Waals surface area contributed by atoms with Crippen molar-refractivity contribution in [3.8, 4) is 0 Å². The van der Waals surface area contributed by atoms with Crippen molar-refractivity contribution in [1.29, 1.82) is 0 Å². The van der Waals surface area contributed by atoms with Crippen LogP contribution in [0.4, 0.5) is 11.7 Å². The van der Waals surface area contributed by atoms with Crippen molar-refractivity contribution in [2.45, 2.75) is 18.9 Å². The van der Waals surface area contributed by atoms with E-state index in [2.05, 4.69) is 20.5 Å². The molecule has 7 nitrogen and oxygen atoms in total. The van der Waals surface area contributed by atoms with E-state index in [-0.39, 0.29) is 11.9 Å². The fraction of sp³-hybridized carbons (Fsp3) is 0.500. The minimum Gasteiger partial charge on any atom is -0.423 e. The van der Waals surface area contributed by atoms with Crippen LogP contribution < -0.4 is 15.5 Å². The van der Waals surface area contributed by atoms with E-state index in [0.29, 0.717) is 24.8 Å². The molecule has 0 aliphatic carbocycles. The summed E-state index contributed by atoms with van der Waals surface area (Å²) in [4.78, 5) is 18.7. The van der Waals surface area contributed by atoms with E-state index in [1.807, 2.05) is 18.2 Å². The summed E-state index contributed by atoms with van der Waals surface area (Å²) in [5, 5.41) is 6.14. The first-order valence-electron chi connectivity index (χ1n) is 8.07. The molecular weight excluding hydrogens is 296 g/mol. The fourth-order valence-corrected chi connectivity index (χ4v) is 3.02. The lowest BCUT2D eigenvalue weighted by atomic mass is 10.2. The maximum Gasteiger partial charge on any atom is 0.298 e. The van der Waals surface area contributed by atoms with Crippen LogP contribution in [-0.2, 0) is 9.53 Å². The molecular formula is C16H20N4O3. The summed E-state index contributed by atoms with van der Waals surface area (Å²) in [6.07, 6.45) is 1.93. The molecule has 0 spiro atoms. The van der Waals surface area contributed by atoms with Gasteiger partial charge in [0.15, 0.2) is 5.58 Å². The normalized spacial score (nSPS) is 21.7. The number of nitrogens with one attached hydrogen (secondary N) is 2. The van der Waals surface area contributed by atoms with E-state index < -0.39 is 0 Å². The first-order chi connectivity index (χ1) is 11.3. The Morgan fingerprint density at radius 2 is 2.22 bits per heavy atom. The summed E-state index contributed by atoms with van der Waals surface area (Å²) in [6.45, 7) is 3.85. The summed E-state index contributed by atoms with van der Waals surface area (Å²) < 4.78 is 11.2. The SMILES string of the molecule is O=C(Nc1ccc2nc(N3CCOCC3)oc2c1)C1CCCN1. The van der Waals surface area contributed by atoms with Crippen molar-refractivity contribution in [2.75, 3.05) is 43.1 Å². The number of hydrogen-bond donors (Lipinski definition) is 2. The minimum atomic E-state index is -0.0932. The monoisotopic (exact) mass is 316 g/mol. The van der Waals surface area contributed by atoms with Crippen LogP contribution in [0.25, 0.3) is 11.1 Å². The molecule has 4 rings (SSSR count). The van der Waals surface area contributed by atoms with Crippen molar-refractivity contribution < 1.29 is 13.9 Å². The van der Waals surface area contributed by atoms with Crippen LogP contribution in [0.5, 0.6) is 0 Å². The highest BCUT2D eigenvalue weighted by molar-refractivity contribution is 5.96. The topological polar surface area (TPSA) is 79.6 Å². The molecule has 2 aromatic rings. The van der Waals surface area contributed by atoms with E-state index in [0.717, 1.165) is 43.7 Å². The summed E-state index contributed by atoms with van der Waals surface area (Å²) in [6, 6.07) is 6.09. The van der Waals surface area contributed by atoms with Crippen molar-refractivity contribution in [1.82, 2.24) is 10.3 Å². The van der Waals surface area contributed by atoms with Crippen LogP contribution in [-0.4, -0.2) is 49.8 Å². The predicted octanol–water partition coefficient (Wildman–Crippen LogP) is 1.35. The number of hydrogen-bond acceptors (Lipinski definition) is 6. The van der Waals surface area contributed by atoms with Gasteiger partial charge >= 0.3 is 0 Å². The number of rotatable bonds is 3. The van der Waals surface area contributed by atoms with Crippen LogP contribution >= 0.6 is 0 Å². The number of morpholine rings is 1. The molecule has 1 aromatic carbocycles. The Hall–Kier alpha value is -2.12. The van der Waals surface area contributed by atoms with Crippen molar-refractivity contribution in [3.05, 3.63) is 18.2 Å². The number of anilines is 2. The average molecular weight is 316 g/mol. The zero-order valence-electron chi connectivity index (χ0n) is 12.9. The standard InChI is InChI=1S/C16H20N4O3/c21-15(13-2-1-5-17-13)18-11-3-4-12-14(10-11)23-16(19-12)20-6-8-22-9-7-20/h3-4,10,13,17H,1-2,5-9H2,(H,18,21). The van der Waals surface area contributed by atoms with Crippen molar-refractivity contribution >= 4 is 28.7 Å².